The molecule has 0 unspecified atom stereocenters. The van der Waals surface area contributed by atoms with E-state index < -0.39 is 17.4 Å². The molecule has 2 aromatic carbocycles. The van der Waals surface area contributed by atoms with Gasteiger partial charge in [-0.25, -0.2) is 0 Å². The average Bonchev–Trinajstić information content (AvgIpc) is 3.01. The monoisotopic (exact) mass is 679 g/mol. The van der Waals surface area contributed by atoms with Crippen LogP contribution in [0.4, 0.5) is 0 Å². The average molecular weight is 679 g/mol. The van der Waals surface area contributed by atoms with E-state index in [1.165, 1.54) is 116 Å². The van der Waals surface area contributed by atoms with Crippen LogP contribution in [0.3, 0.4) is 0 Å². The summed E-state index contributed by atoms with van der Waals surface area (Å²) in [6.07, 6.45) is 31.4. The summed E-state index contributed by atoms with van der Waals surface area (Å²) in [5.41, 5.74) is 1.70. The van der Waals surface area contributed by atoms with E-state index in [9.17, 15) is 13.0 Å². The molecule has 46 heavy (non-hydrogen) atoms. The maximum atomic E-state index is 11.9. The molecule has 1 N–H and O–H groups in total. The van der Waals surface area contributed by atoms with Gasteiger partial charge in [0.25, 0.3) is 10.1 Å². The van der Waals surface area contributed by atoms with Crippen molar-refractivity contribution >= 4 is 28.2 Å². The van der Waals surface area contributed by atoms with Crippen LogP contribution in [-0.4, -0.2) is 38.1 Å². The molecule has 0 saturated heterocycles. The topological polar surface area (TPSA) is 54.4 Å². The summed E-state index contributed by atoms with van der Waals surface area (Å²) in [6, 6.07) is 9.31. The number of hydrogen-bond acceptors (Lipinski definition) is 2. The van der Waals surface area contributed by atoms with Crippen molar-refractivity contribution in [3.8, 4) is 0 Å². The Hall–Kier alpha value is -0.960. The predicted molar refractivity (Wildman–Crippen MR) is 211 cm³/mol. The van der Waals surface area contributed by atoms with Gasteiger partial charge < -0.3 is 0 Å². The summed E-state index contributed by atoms with van der Waals surface area (Å²) in [5, 5.41) is 1.43. The van der Waals surface area contributed by atoms with Gasteiger partial charge in [-0.05, 0) is 28.3 Å². The third-order valence-corrected chi connectivity index (χ3v) is 15.6. The van der Waals surface area contributed by atoms with Gasteiger partial charge in [-0.1, -0.05) is 58.0 Å². The van der Waals surface area contributed by atoms with E-state index >= 15 is 0 Å². The van der Waals surface area contributed by atoms with E-state index in [1.807, 2.05) is 45.9 Å². The fourth-order valence-corrected chi connectivity index (χ4v) is 12.2. The van der Waals surface area contributed by atoms with E-state index in [4.69, 9.17) is 0 Å². The molecule has 0 aliphatic carbocycles. The standard InChI is InChI=1S/C25H55P.C16H20O3S/c1-5-8-11-14-17-20-23-26(4,24-21-18-15-12-9-6-2)25-22-19-16-13-10-7-3;1-10(2)14-9-12-7-5-6-8-13(12)16(20(17,18)19)15(14)11(3)4/h26H,5-25H2,1-4H3;5-11H,1-4H3,(H,17,18,19). The van der Waals surface area contributed by atoms with Crippen molar-refractivity contribution in [3.05, 3.63) is 41.5 Å². The van der Waals surface area contributed by atoms with Gasteiger partial charge in [0, 0.05) is 5.39 Å². The molecule has 0 aliphatic rings. The number of hydrogen-bond donors (Lipinski definition) is 1. The second-order valence-electron chi connectivity index (χ2n) is 15.1. The Balaban J connectivity index is 0.000000473. The molecule has 0 amide bonds. The van der Waals surface area contributed by atoms with Crippen LogP contribution < -0.4 is 0 Å². The van der Waals surface area contributed by atoms with Gasteiger partial charge in [-0.3, -0.25) is 4.55 Å². The zero-order valence-corrected chi connectivity index (χ0v) is 33.4. The molecule has 0 fully saturated rings. The summed E-state index contributed by atoms with van der Waals surface area (Å²) in [6.45, 7) is 17.7. The van der Waals surface area contributed by atoms with Crippen LogP contribution >= 0.6 is 7.26 Å². The van der Waals surface area contributed by atoms with Crippen LogP contribution in [0.5, 0.6) is 0 Å². The van der Waals surface area contributed by atoms with Crippen molar-refractivity contribution in [2.24, 2.45) is 0 Å². The molecule has 0 bridgehead atoms. The van der Waals surface area contributed by atoms with Gasteiger partial charge in [0.1, 0.15) is 4.90 Å². The van der Waals surface area contributed by atoms with Gasteiger partial charge in [0.15, 0.2) is 0 Å². The molecule has 0 aliphatic heterocycles. The van der Waals surface area contributed by atoms with Crippen LogP contribution in [0.25, 0.3) is 10.8 Å². The third-order valence-electron chi connectivity index (χ3n) is 9.93. The SMILES string of the molecule is CC(C)c1cc2ccccc2c(S(=O)(=O)O)c1C(C)C.CCCCCCCC[PH](C)(CCCCCCCC)CCCCCCCC. The Kier molecular flexibility index (Phi) is 22.7. The minimum absolute atomic E-state index is 0.0222. The molecule has 0 heterocycles. The fourth-order valence-electron chi connectivity index (χ4n) is 7.07. The zero-order valence-electron chi connectivity index (χ0n) is 31.6. The van der Waals surface area contributed by atoms with Crippen LogP contribution in [0.15, 0.2) is 35.2 Å². The Bertz CT molecular complexity index is 1130. The number of fused-ring (bicyclic) bond motifs is 1. The molecular formula is C41H75O3PS. The van der Waals surface area contributed by atoms with Gasteiger partial charge in [0.2, 0.25) is 0 Å². The van der Waals surface area contributed by atoms with Crippen molar-refractivity contribution in [1.29, 1.82) is 0 Å². The molecule has 3 nitrogen and oxygen atoms in total. The molecule has 0 radical (unpaired) electrons. The molecular weight excluding hydrogens is 603 g/mol. The van der Waals surface area contributed by atoms with E-state index in [1.54, 1.807) is 30.6 Å². The second-order valence-corrected chi connectivity index (χ2v) is 21.6. The van der Waals surface area contributed by atoms with Crippen molar-refractivity contribution in [2.75, 3.05) is 25.2 Å². The van der Waals surface area contributed by atoms with Gasteiger partial charge in [-0.15, -0.1) is 0 Å². The quantitative estimate of drug-likeness (QED) is 0.0683. The van der Waals surface area contributed by atoms with Gasteiger partial charge in [-0.2, -0.15) is 8.42 Å². The summed E-state index contributed by atoms with van der Waals surface area (Å²) in [4.78, 5) is 0.0642. The molecule has 2 rings (SSSR count). The first-order valence-electron chi connectivity index (χ1n) is 19.4. The van der Waals surface area contributed by atoms with E-state index in [-0.39, 0.29) is 16.7 Å². The first-order valence-corrected chi connectivity index (χ1v) is 24.0. The molecule has 0 aromatic heterocycles. The molecule has 5 heteroatoms. The van der Waals surface area contributed by atoms with Crippen LogP contribution in [-0.2, 0) is 10.1 Å². The zero-order chi connectivity index (χ0) is 34.4. The molecule has 0 spiro atoms. The Morgan fingerprint density at radius 3 is 1.37 bits per heavy atom. The van der Waals surface area contributed by atoms with Gasteiger partial charge in [0.05, 0.1) is 0 Å². The van der Waals surface area contributed by atoms with Crippen molar-refractivity contribution < 1.29 is 13.0 Å². The summed E-state index contributed by atoms with van der Waals surface area (Å²) in [7, 11) is -5.22. The van der Waals surface area contributed by atoms with Crippen molar-refractivity contribution in [3.63, 3.8) is 0 Å². The molecule has 2 aromatic rings. The maximum absolute atomic E-state index is 11.9. The normalized spacial score (nSPS) is 12.6. The van der Waals surface area contributed by atoms with Crippen LogP contribution in [0, 0.1) is 0 Å². The van der Waals surface area contributed by atoms with Crippen LogP contribution in [0.1, 0.15) is 187 Å². The molecule has 0 atom stereocenters. The van der Waals surface area contributed by atoms with E-state index in [2.05, 4.69) is 27.4 Å². The first kappa shape index (κ1) is 43.1. The summed E-state index contributed by atoms with van der Waals surface area (Å²) in [5.74, 6) is 0.214. The van der Waals surface area contributed by atoms with Crippen LogP contribution in [0.2, 0.25) is 0 Å². The Morgan fingerprint density at radius 2 is 1.00 bits per heavy atom. The first-order chi connectivity index (χ1) is 21.9. The van der Waals surface area contributed by atoms with E-state index in [0.29, 0.717) is 5.39 Å². The van der Waals surface area contributed by atoms with Crippen molar-refractivity contribution in [2.45, 2.75) is 181 Å². The molecule has 0 saturated carbocycles. The van der Waals surface area contributed by atoms with Crippen molar-refractivity contribution in [1.82, 2.24) is 0 Å². The Morgan fingerprint density at radius 1 is 0.609 bits per heavy atom. The molecule has 268 valence electrons. The second kappa shape index (κ2) is 24.2. The number of rotatable bonds is 24. The van der Waals surface area contributed by atoms with E-state index in [0.717, 1.165) is 16.5 Å². The third kappa shape index (κ3) is 16.9. The summed E-state index contributed by atoms with van der Waals surface area (Å²) < 4.78 is 33.5. The summed E-state index contributed by atoms with van der Waals surface area (Å²) >= 11 is 0. The number of benzene rings is 2. The predicted octanol–water partition coefficient (Wildman–Crippen LogP) is 13.8. The fraction of sp³-hybridized carbons (Fsp3) is 0.756. The Labute approximate surface area is 287 Å². The number of unbranched alkanes of at least 4 members (excludes halogenated alkanes) is 15. The minimum atomic E-state index is -4.26. The van der Waals surface area contributed by atoms with Gasteiger partial charge >= 0.3 is 169 Å².